The number of anilines is 2. The number of benzene rings is 1. The van der Waals surface area contributed by atoms with Gasteiger partial charge in [0.25, 0.3) is 15.9 Å². The number of amides is 1. The number of sulfonamides is 1. The van der Waals surface area contributed by atoms with Gasteiger partial charge in [-0.25, -0.2) is 17.6 Å². The molecular formula is C16H16ClN7O3S. The Morgan fingerprint density at radius 2 is 2.04 bits per heavy atom. The van der Waals surface area contributed by atoms with Gasteiger partial charge in [0.2, 0.25) is 17.2 Å². The number of aromatic nitrogens is 3. The summed E-state index contributed by atoms with van der Waals surface area (Å²) < 4.78 is 25.9. The Balaban J connectivity index is 1.92. The first-order chi connectivity index (χ1) is 13.3. The molecule has 10 nitrogen and oxygen atoms in total. The third kappa shape index (κ3) is 3.56. The molecule has 1 atom stereocenters. The van der Waals surface area contributed by atoms with Gasteiger partial charge in [0.15, 0.2) is 6.19 Å². The number of hydrogen-bond acceptors (Lipinski definition) is 9. The monoisotopic (exact) mass is 421 g/mol. The summed E-state index contributed by atoms with van der Waals surface area (Å²) in [6, 6.07) is 5.88. The fourth-order valence-electron chi connectivity index (χ4n) is 2.49. The van der Waals surface area contributed by atoms with Crippen molar-refractivity contribution in [2.45, 2.75) is 31.2 Å². The Hall–Kier alpha value is -2.97. The van der Waals surface area contributed by atoms with Crippen molar-refractivity contribution >= 4 is 39.4 Å². The smallest absolute Gasteiger partial charge is 0.270 e. The van der Waals surface area contributed by atoms with Crippen molar-refractivity contribution in [3.63, 3.8) is 0 Å². The molecule has 0 spiro atoms. The van der Waals surface area contributed by atoms with Crippen molar-refractivity contribution in [1.82, 2.24) is 19.3 Å². The molecule has 1 aliphatic heterocycles. The topological polar surface area (TPSA) is 132 Å². The second kappa shape index (κ2) is 7.57. The molecule has 0 saturated heterocycles. The van der Waals surface area contributed by atoms with Crippen molar-refractivity contribution in [3.05, 3.63) is 35.1 Å². The van der Waals surface area contributed by atoms with Gasteiger partial charge in [-0.05, 0) is 37.1 Å². The van der Waals surface area contributed by atoms with Crippen LogP contribution in [-0.2, 0) is 10.0 Å². The minimum Gasteiger partial charge on any atom is -0.352 e. The molecule has 3 rings (SSSR count). The summed E-state index contributed by atoms with van der Waals surface area (Å²) in [5.74, 6) is -0.760. The Bertz CT molecular complexity index is 1070. The lowest BCUT2D eigenvalue weighted by molar-refractivity contribution is 0.0873. The van der Waals surface area contributed by atoms with E-state index in [1.165, 1.54) is 18.2 Å². The van der Waals surface area contributed by atoms with Gasteiger partial charge in [-0.3, -0.25) is 4.79 Å². The molecule has 146 valence electrons. The zero-order valence-corrected chi connectivity index (χ0v) is 16.6. The summed E-state index contributed by atoms with van der Waals surface area (Å²) in [5.41, 5.74) is 0.0493. The van der Waals surface area contributed by atoms with E-state index in [9.17, 15) is 18.5 Å². The molecule has 1 amide bonds. The first kappa shape index (κ1) is 19.8. The van der Waals surface area contributed by atoms with Gasteiger partial charge in [0.05, 0.1) is 5.56 Å². The van der Waals surface area contributed by atoms with E-state index >= 15 is 0 Å². The van der Waals surface area contributed by atoms with E-state index in [0.29, 0.717) is 4.31 Å². The van der Waals surface area contributed by atoms with Crippen LogP contribution >= 0.6 is 11.6 Å². The van der Waals surface area contributed by atoms with Crippen LogP contribution in [0.25, 0.3) is 0 Å². The average molecular weight is 422 g/mol. The van der Waals surface area contributed by atoms with Crippen molar-refractivity contribution in [1.29, 1.82) is 5.26 Å². The maximum Gasteiger partial charge on any atom is 0.270 e. The number of carbonyl (C=O) groups is 1. The third-order valence-electron chi connectivity index (χ3n) is 4.13. The molecular weight excluding hydrogens is 406 g/mol. The fourth-order valence-corrected chi connectivity index (χ4v) is 4.15. The number of carbonyl (C=O) groups excluding carboxylic acids is 1. The van der Waals surface area contributed by atoms with E-state index in [1.54, 1.807) is 12.3 Å². The van der Waals surface area contributed by atoms with Gasteiger partial charge in [-0.2, -0.15) is 20.2 Å². The summed E-state index contributed by atoms with van der Waals surface area (Å²) in [6.45, 7) is 3.28. The predicted octanol–water partition coefficient (Wildman–Crippen LogP) is 1.83. The minimum absolute atomic E-state index is 0.0388. The van der Waals surface area contributed by atoms with Crippen LogP contribution in [0.4, 0.5) is 11.9 Å². The van der Waals surface area contributed by atoms with Gasteiger partial charge >= 0.3 is 0 Å². The number of nitrogens with zero attached hydrogens (tertiary/aromatic N) is 6. The summed E-state index contributed by atoms with van der Waals surface area (Å²) in [7, 11) is -4.08. The predicted molar refractivity (Wildman–Crippen MR) is 101 cm³/mol. The standard InChI is InChI=1S/C16H16ClN7O3S/c1-3-10(2)19-15-20-14(17)21-16(22-15)23(8-18)9-24-13(25)11-6-4-5-7-12(11)28(24,26)27/h4-7,10H,3,9H2,1-2H3,(H,19,20,21,22)/t10-/m0/s1. The molecule has 0 bridgehead atoms. The molecule has 1 aliphatic rings. The quantitative estimate of drug-likeness (QED) is 0.547. The van der Waals surface area contributed by atoms with Crippen molar-refractivity contribution in [2.24, 2.45) is 0 Å². The van der Waals surface area contributed by atoms with Crippen LogP contribution < -0.4 is 10.2 Å². The Kier molecular flexibility index (Phi) is 5.35. The van der Waals surface area contributed by atoms with Crippen LogP contribution in [0, 0.1) is 11.5 Å². The van der Waals surface area contributed by atoms with Crippen LogP contribution in [-0.4, -0.2) is 46.3 Å². The highest BCUT2D eigenvalue weighted by Gasteiger charge is 2.42. The van der Waals surface area contributed by atoms with Crippen molar-refractivity contribution in [3.8, 4) is 6.19 Å². The first-order valence-electron chi connectivity index (χ1n) is 8.29. The Labute approximate surface area is 166 Å². The zero-order chi connectivity index (χ0) is 20.5. The molecule has 0 fully saturated rings. The van der Waals surface area contributed by atoms with Gasteiger partial charge in [0.1, 0.15) is 11.6 Å². The number of nitrogens with one attached hydrogen (secondary N) is 1. The molecule has 1 aromatic heterocycles. The first-order valence-corrected chi connectivity index (χ1v) is 10.1. The van der Waals surface area contributed by atoms with Crippen molar-refractivity contribution in [2.75, 3.05) is 16.9 Å². The average Bonchev–Trinajstić information content (AvgIpc) is 2.85. The highest BCUT2D eigenvalue weighted by atomic mass is 35.5. The van der Waals surface area contributed by atoms with Crippen LogP contribution in [0.3, 0.4) is 0 Å². The fraction of sp³-hybridized carbons (Fsp3) is 0.312. The van der Waals surface area contributed by atoms with E-state index in [1.807, 2.05) is 13.8 Å². The number of halogens is 1. The summed E-state index contributed by atoms with van der Waals surface area (Å²) in [6.07, 6.45) is 2.58. The van der Waals surface area contributed by atoms with E-state index in [-0.39, 0.29) is 33.7 Å². The lowest BCUT2D eigenvalue weighted by Gasteiger charge is -2.21. The van der Waals surface area contributed by atoms with Crippen LogP contribution in [0.15, 0.2) is 29.2 Å². The van der Waals surface area contributed by atoms with E-state index < -0.39 is 22.6 Å². The van der Waals surface area contributed by atoms with E-state index in [0.717, 1.165) is 11.3 Å². The highest BCUT2D eigenvalue weighted by Crippen LogP contribution is 2.30. The molecule has 0 aliphatic carbocycles. The lowest BCUT2D eigenvalue weighted by atomic mass is 10.2. The van der Waals surface area contributed by atoms with Crippen LogP contribution in [0.2, 0.25) is 5.28 Å². The molecule has 1 N–H and O–H groups in total. The summed E-state index contributed by atoms with van der Waals surface area (Å²) >= 11 is 5.91. The molecule has 0 unspecified atom stereocenters. The normalized spacial score (nSPS) is 15.6. The number of rotatable bonds is 6. The lowest BCUT2D eigenvalue weighted by Crippen LogP contribution is -2.40. The second-order valence-electron chi connectivity index (χ2n) is 6.01. The highest BCUT2D eigenvalue weighted by molar-refractivity contribution is 7.90. The summed E-state index contributed by atoms with van der Waals surface area (Å²) in [5, 5.41) is 12.3. The largest absolute Gasteiger partial charge is 0.352 e. The van der Waals surface area contributed by atoms with Gasteiger partial charge < -0.3 is 5.32 Å². The number of hydrogen-bond donors (Lipinski definition) is 1. The van der Waals surface area contributed by atoms with Gasteiger partial charge in [-0.1, -0.05) is 19.1 Å². The molecule has 2 aromatic rings. The molecule has 28 heavy (non-hydrogen) atoms. The SMILES string of the molecule is CC[C@H](C)Nc1nc(Cl)nc(N(C#N)CN2C(=O)c3ccccc3S2(=O)=O)n1. The molecule has 12 heteroatoms. The maximum atomic E-state index is 12.7. The third-order valence-corrected chi connectivity index (χ3v) is 6.07. The van der Waals surface area contributed by atoms with Crippen LogP contribution in [0.5, 0.6) is 0 Å². The molecule has 0 saturated carbocycles. The molecule has 1 aromatic carbocycles. The zero-order valence-electron chi connectivity index (χ0n) is 15.0. The maximum absolute atomic E-state index is 12.7. The Morgan fingerprint density at radius 1 is 1.32 bits per heavy atom. The number of nitriles is 1. The summed E-state index contributed by atoms with van der Waals surface area (Å²) in [4.78, 5) is 25.2. The van der Waals surface area contributed by atoms with Crippen molar-refractivity contribution < 1.29 is 13.2 Å². The number of fused-ring (bicyclic) bond motifs is 1. The molecule has 0 radical (unpaired) electrons. The van der Waals surface area contributed by atoms with E-state index in [2.05, 4.69) is 20.3 Å². The Morgan fingerprint density at radius 3 is 2.68 bits per heavy atom. The van der Waals surface area contributed by atoms with Gasteiger partial charge in [0, 0.05) is 6.04 Å². The van der Waals surface area contributed by atoms with Gasteiger partial charge in [-0.15, -0.1) is 0 Å². The van der Waals surface area contributed by atoms with Crippen LogP contribution in [0.1, 0.15) is 30.6 Å². The molecule has 2 heterocycles. The minimum atomic E-state index is -4.08. The second-order valence-corrected chi connectivity index (χ2v) is 8.17. The van der Waals surface area contributed by atoms with E-state index in [4.69, 9.17) is 11.6 Å².